The van der Waals surface area contributed by atoms with E-state index in [1.807, 2.05) is 35.2 Å². The van der Waals surface area contributed by atoms with E-state index in [1.54, 1.807) is 0 Å². The SMILES string of the molecule is CCN1CCCC2(CCN(c3ccccc3)C2=O)C1. The standard InChI is InChI=1S/C16H22N2O/c1-2-17-11-6-9-16(13-17)10-12-18(15(16)19)14-7-4-3-5-8-14/h3-5,7-8H,2,6,9-13H2,1H3. The topological polar surface area (TPSA) is 23.6 Å². The minimum absolute atomic E-state index is 0.107. The monoisotopic (exact) mass is 258 g/mol. The summed E-state index contributed by atoms with van der Waals surface area (Å²) in [7, 11) is 0. The van der Waals surface area contributed by atoms with Crippen LogP contribution in [0.4, 0.5) is 5.69 Å². The van der Waals surface area contributed by atoms with E-state index in [0.29, 0.717) is 5.91 Å². The first-order chi connectivity index (χ1) is 9.25. The molecule has 1 aromatic rings. The van der Waals surface area contributed by atoms with Crippen molar-refractivity contribution in [2.45, 2.75) is 26.2 Å². The van der Waals surface area contributed by atoms with Crippen molar-refractivity contribution < 1.29 is 4.79 Å². The molecule has 19 heavy (non-hydrogen) atoms. The van der Waals surface area contributed by atoms with Gasteiger partial charge in [0.2, 0.25) is 5.91 Å². The molecule has 3 heteroatoms. The van der Waals surface area contributed by atoms with E-state index < -0.39 is 0 Å². The summed E-state index contributed by atoms with van der Waals surface area (Å²) in [6.07, 6.45) is 3.23. The van der Waals surface area contributed by atoms with Crippen molar-refractivity contribution in [2.75, 3.05) is 31.1 Å². The number of likely N-dealkylation sites (tertiary alicyclic amines) is 1. The number of nitrogens with zero attached hydrogens (tertiary/aromatic N) is 2. The van der Waals surface area contributed by atoms with E-state index in [0.717, 1.165) is 51.1 Å². The molecule has 1 unspecified atom stereocenters. The second-order valence-electron chi connectivity index (χ2n) is 5.79. The molecule has 2 saturated heterocycles. The van der Waals surface area contributed by atoms with Gasteiger partial charge in [-0.25, -0.2) is 0 Å². The molecule has 1 aromatic carbocycles. The molecule has 0 aromatic heterocycles. The van der Waals surface area contributed by atoms with Crippen LogP contribution in [0.5, 0.6) is 0 Å². The van der Waals surface area contributed by atoms with Gasteiger partial charge in [0.15, 0.2) is 0 Å². The van der Waals surface area contributed by atoms with Gasteiger partial charge in [0.1, 0.15) is 0 Å². The number of benzene rings is 1. The number of carbonyl (C=O) groups is 1. The Morgan fingerprint density at radius 2 is 1.95 bits per heavy atom. The third kappa shape index (κ3) is 2.16. The highest BCUT2D eigenvalue weighted by atomic mass is 16.2. The Kier molecular flexibility index (Phi) is 3.31. The molecule has 0 N–H and O–H groups in total. The van der Waals surface area contributed by atoms with Crippen LogP contribution in [0.15, 0.2) is 30.3 Å². The van der Waals surface area contributed by atoms with Crippen molar-refractivity contribution in [1.29, 1.82) is 0 Å². The first-order valence-corrected chi connectivity index (χ1v) is 7.34. The maximum Gasteiger partial charge on any atom is 0.234 e. The number of anilines is 1. The molecule has 1 spiro atoms. The van der Waals surface area contributed by atoms with Crippen LogP contribution in [-0.4, -0.2) is 37.0 Å². The predicted molar refractivity (Wildman–Crippen MR) is 77.2 cm³/mol. The number of hydrogen-bond donors (Lipinski definition) is 0. The highest BCUT2D eigenvalue weighted by Crippen LogP contribution is 2.41. The van der Waals surface area contributed by atoms with Crippen LogP contribution >= 0.6 is 0 Å². The van der Waals surface area contributed by atoms with Gasteiger partial charge in [-0.2, -0.15) is 0 Å². The zero-order valence-corrected chi connectivity index (χ0v) is 11.6. The summed E-state index contributed by atoms with van der Waals surface area (Å²) in [5.74, 6) is 0.344. The van der Waals surface area contributed by atoms with Crippen molar-refractivity contribution in [3.8, 4) is 0 Å². The van der Waals surface area contributed by atoms with Crippen molar-refractivity contribution in [2.24, 2.45) is 5.41 Å². The van der Waals surface area contributed by atoms with E-state index in [2.05, 4.69) is 11.8 Å². The quantitative estimate of drug-likeness (QED) is 0.814. The Labute approximate surface area is 115 Å². The molecule has 2 heterocycles. The minimum Gasteiger partial charge on any atom is -0.312 e. The van der Waals surface area contributed by atoms with Crippen molar-refractivity contribution in [1.82, 2.24) is 4.90 Å². The summed E-state index contributed by atoms with van der Waals surface area (Å²) in [5.41, 5.74) is 0.947. The third-order valence-electron chi connectivity index (χ3n) is 4.68. The lowest BCUT2D eigenvalue weighted by Gasteiger charge is -2.38. The largest absolute Gasteiger partial charge is 0.312 e. The lowest BCUT2D eigenvalue weighted by atomic mass is 9.78. The summed E-state index contributed by atoms with van der Waals surface area (Å²) < 4.78 is 0. The average molecular weight is 258 g/mol. The highest BCUT2D eigenvalue weighted by molar-refractivity contribution is 6.00. The van der Waals surface area contributed by atoms with Gasteiger partial charge in [0.25, 0.3) is 0 Å². The normalized spacial score (nSPS) is 28.3. The molecule has 3 rings (SSSR count). The molecule has 1 amide bonds. The van der Waals surface area contributed by atoms with Crippen LogP contribution in [0, 0.1) is 5.41 Å². The van der Waals surface area contributed by atoms with Crippen molar-refractivity contribution in [3.63, 3.8) is 0 Å². The van der Waals surface area contributed by atoms with Crippen LogP contribution < -0.4 is 4.90 Å². The van der Waals surface area contributed by atoms with E-state index in [9.17, 15) is 4.79 Å². The van der Waals surface area contributed by atoms with Crippen LogP contribution in [0.1, 0.15) is 26.2 Å². The maximum absolute atomic E-state index is 12.8. The molecule has 0 bridgehead atoms. The summed E-state index contributed by atoms with van der Waals surface area (Å²) in [5, 5.41) is 0. The smallest absolute Gasteiger partial charge is 0.234 e. The third-order valence-corrected chi connectivity index (χ3v) is 4.68. The number of rotatable bonds is 2. The molecular weight excluding hydrogens is 236 g/mol. The second-order valence-corrected chi connectivity index (χ2v) is 5.79. The Balaban J connectivity index is 1.82. The minimum atomic E-state index is -0.107. The van der Waals surface area contributed by atoms with Gasteiger partial charge in [-0.05, 0) is 44.5 Å². The van der Waals surface area contributed by atoms with Crippen LogP contribution in [0.25, 0.3) is 0 Å². The first kappa shape index (κ1) is 12.7. The zero-order valence-electron chi connectivity index (χ0n) is 11.6. The molecule has 3 nitrogen and oxygen atoms in total. The van der Waals surface area contributed by atoms with Gasteiger partial charge in [-0.3, -0.25) is 4.79 Å². The molecule has 2 aliphatic heterocycles. The number of para-hydroxylation sites is 1. The molecule has 2 aliphatic rings. The Hall–Kier alpha value is -1.35. The highest BCUT2D eigenvalue weighted by Gasteiger charge is 2.48. The molecule has 0 aliphatic carbocycles. The Bertz CT molecular complexity index is 459. The first-order valence-electron chi connectivity index (χ1n) is 7.34. The molecule has 0 saturated carbocycles. The number of amides is 1. The van der Waals surface area contributed by atoms with Crippen molar-refractivity contribution >= 4 is 11.6 Å². The molecule has 1 atom stereocenters. The summed E-state index contributed by atoms with van der Waals surface area (Å²) in [4.78, 5) is 17.3. The average Bonchev–Trinajstić information content (AvgIpc) is 2.77. The fourth-order valence-electron chi connectivity index (χ4n) is 3.55. The summed E-state index contributed by atoms with van der Waals surface area (Å²) in [6, 6.07) is 10.1. The van der Waals surface area contributed by atoms with E-state index in [1.165, 1.54) is 0 Å². The predicted octanol–water partition coefficient (Wildman–Crippen LogP) is 2.53. The van der Waals surface area contributed by atoms with Gasteiger partial charge in [0.05, 0.1) is 5.41 Å². The van der Waals surface area contributed by atoms with Crippen LogP contribution in [0.3, 0.4) is 0 Å². The number of carbonyl (C=O) groups excluding carboxylic acids is 1. The zero-order chi connectivity index (χ0) is 13.3. The van der Waals surface area contributed by atoms with Crippen molar-refractivity contribution in [3.05, 3.63) is 30.3 Å². The molecule has 2 fully saturated rings. The number of piperidine rings is 1. The van der Waals surface area contributed by atoms with E-state index >= 15 is 0 Å². The summed E-state index contributed by atoms with van der Waals surface area (Å²) >= 11 is 0. The fourth-order valence-corrected chi connectivity index (χ4v) is 3.55. The fraction of sp³-hybridized carbons (Fsp3) is 0.562. The molecular formula is C16H22N2O. The molecule has 0 radical (unpaired) electrons. The lowest BCUT2D eigenvalue weighted by molar-refractivity contribution is -0.128. The lowest BCUT2D eigenvalue weighted by Crippen LogP contribution is -2.47. The maximum atomic E-state index is 12.8. The van der Waals surface area contributed by atoms with Gasteiger partial charge >= 0.3 is 0 Å². The number of hydrogen-bond acceptors (Lipinski definition) is 2. The second kappa shape index (κ2) is 4.97. The van der Waals surface area contributed by atoms with Gasteiger partial charge in [-0.1, -0.05) is 25.1 Å². The van der Waals surface area contributed by atoms with Crippen LogP contribution in [0.2, 0.25) is 0 Å². The van der Waals surface area contributed by atoms with Gasteiger partial charge < -0.3 is 9.80 Å². The van der Waals surface area contributed by atoms with E-state index in [-0.39, 0.29) is 5.41 Å². The van der Waals surface area contributed by atoms with E-state index in [4.69, 9.17) is 0 Å². The molecule has 102 valence electrons. The van der Waals surface area contributed by atoms with Gasteiger partial charge in [0, 0.05) is 18.8 Å². The Morgan fingerprint density at radius 3 is 2.68 bits per heavy atom. The van der Waals surface area contributed by atoms with Crippen LogP contribution in [-0.2, 0) is 4.79 Å². The Morgan fingerprint density at radius 1 is 1.16 bits per heavy atom. The van der Waals surface area contributed by atoms with Gasteiger partial charge in [-0.15, -0.1) is 0 Å². The summed E-state index contributed by atoms with van der Waals surface area (Å²) in [6.45, 7) is 6.22.